The number of aliphatic carboxylic acids is 2. The van der Waals surface area contributed by atoms with Gasteiger partial charge in [-0.15, -0.1) is 0 Å². The van der Waals surface area contributed by atoms with Crippen molar-refractivity contribution in [2.75, 3.05) is 0 Å². The Hall–Kier alpha value is -1.72. The first-order valence-corrected chi connectivity index (χ1v) is 11.9. The smallest absolute Gasteiger partial charge is 0.317 e. The summed E-state index contributed by atoms with van der Waals surface area (Å²) in [6.45, 7) is 4.25. The van der Waals surface area contributed by atoms with Crippen LogP contribution in [0.25, 0.3) is 0 Å². The van der Waals surface area contributed by atoms with E-state index in [0.29, 0.717) is 12.8 Å². The van der Waals surface area contributed by atoms with Gasteiger partial charge in [-0.25, -0.2) is 0 Å². The molecule has 1 aliphatic carbocycles. The van der Waals surface area contributed by atoms with Crippen molar-refractivity contribution < 1.29 is 29.4 Å². The zero-order valence-electron chi connectivity index (χ0n) is 18.8. The van der Waals surface area contributed by atoms with Crippen molar-refractivity contribution in [3.63, 3.8) is 0 Å². The molecule has 0 aromatic carbocycles. The Morgan fingerprint density at radius 3 is 1.83 bits per heavy atom. The lowest BCUT2D eigenvalue weighted by Gasteiger charge is -2.40. The molecule has 0 spiro atoms. The number of ketones is 2. The third kappa shape index (κ3) is 6.92. The van der Waals surface area contributed by atoms with Gasteiger partial charge in [-0.3, -0.25) is 19.2 Å². The molecule has 6 heteroatoms. The van der Waals surface area contributed by atoms with Gasteiger partial charge in [-0.2, -0.15) is 0 Å². The molecule has 172 valence electrons. The number of Topliss-reactive ketones (excluding diaryl/α,β-unsaturated/α-hetero) is 2. The number of carbonyl (C=O) groups is 4. The van der Waals surface area contributed by atoms with E-state index in [9.17, 15) is 29.4 Å². The van der Waals surface area contributed by atoms with E-state index >= 15 is 0 Å². The summed E-state index contributed by atoms with van der Waals surface area (Å²) >= 11 is 0. The number of hydrogen-bond acceptors (Lipinski definition) is 4. The highest BCUT2D eigenvalue weighted by Crippen LogP contribution is 2.46. The van der Waals surface area contributed by atoms with Gasteiger partial charge < -0.3 is 10.2 Å². The Balaban J connectivity index is 2.93. The van der Waals surface area contributed by atoms with Crippen LogP contribution in [0.15, 0.2) is 0 Å². The molecule has 0 heterocycles. The molecule has 1 rings (SSSR count). The molecule has 2 N–H and O–H groups in total. The lowest BCUT2D eigenvalue weighted by Crippen LogP contribution is -2.56. The lowest BCUT2D eigenvalue weighted by molar-refractivity contribution is -0.172. The summed E-state index contributed by atoms with van der Waals surface area (Å²) < 4.78 is 0. The Morgan fingerprint density at radius 2 is 1.33 bits per heavy atom. The molecule has 0 amide bonds. The third-order valence-corrected chi connectivity index (χ3v) is 6.62. The van der Waals surface area contributed by atoms with Gasteiger partial charge in [0.25, 0.3) is 0 Å². The van der Waals surface area contributed by atoms with Crippen LogP contribution >= 0.6 is 0 Å². The third-order valence-electron chi connectivity index (χ3n) is 6.62. The second-order valence-electron chi connectivity index (χ2n) is 8.82. The van der Waals surface area contributed by atoms with Gasteiger partial charge in [0.05, 0.1) is 0 Å². The standard InChI is InChI=1S/C24H40O6/c1-3-5-7-9-11-13-15-19-21(26)18(22(27)28)17-20(25)24(19,23(29)30)16-14-12-10-8-6-4-2/h18-19H,3-17H2,1-2H3,(H,27,28)(H,29,30). The van der Waals surface area contributed by atoms with Crippen LogP contribution < -0.4 is 0 Å². The second kappa shape index (κ2) is 13.6. The van der Waals surface area contributed by atoms with Gasteiger partial charge in [0.1, 0.15) is 11.3 Å². The Bertz CT molecular complexity index is 582. The average Bonchev–Trinajstić information content (AvgIpc) is 2.70. The van der Waals surface area contributed by atoms with E-state index in [-0.39, 0.29) is 12.8 Å². The first-order valence-electron chi connectivity index (χ1n) is 11.9. The van der Waals surface area contributed by atoms with Crippen LogP contribution in [0.3, 0.4) is 0 Å². The van der Waals surface area contributed by atoms with E-state index in [1.165, 1.54) is 0 Å². The monoisotopic (exact) mass is 424 g/mol. The molecule has 0 aromatic heterocycles. The molecular formula is C24H40O6. The van der Waals surface area contributed by atoms with Crippen molar-refractivity contribution in [1.29, 1.82) is 0 Å². The molecule has 0 saturated heterocycles. The summed E-state index contributed by atoms with van der Waals surface area (Å²) in [5.74, 6) is -6.15. The van der Waals surface area contributed by atoms with Gasteiger partial charge in [0.15, 0.2) is 11.6 Å². The second-order valence-corrected chi connectivity index (χ2v) is 8.82. The highest BCUT2D eigenvalue weighted by Gasteiger charge is 2.59. The minimum atomic E-state index is -1.75. The van der Waals surface area contributed by atoms with E-state index < -0.39 is 47.2 Å². The number of carbonyl (C=O) groups excluding carboxylic acids is 2. The Labute approximate surface area is 180 Å². The normalized spacial score (nSPS) is 24.2. The molecule has 6 nitrogen and oxygen atoms in total. The lowest BCUT2D eigenvalue weighted by atomic mass is 9.58. The average molecular weight is 425 g/mol. The van der Waals surface area contributed by atoms with Gasteiger partial charge >= 0.3 is 11.9 Å². The van der Waals surface area contributed by atoms with Crippen LogP contribution in [0, 0.1) is 17.3 Å². The molecule has 1 fully saturated rings. The van der Waals surface area contributed by atoms with E-state index in [1.54, 1.807) is 0 Å². The molecular weight excluding hydrogens is 384 g/mol. The maximum absolute atomic E-state index is 13.0. The maximum atomic E-state index is 13.0. The van der Waals surface area contributed by atoms with Gasteiger partial charge in [-0.05, 0) is 12.8 Å². The first kappa shape index (κ1) is 26.3. The van der Waals surface area contributed by atoms with E-state index in [2.05, 4.69) is 13.8 Å². The number of carboxylic acid groups (broad SMARTS) is 2. The van der Waals surface area contributed by atoms with Crippen molar-refractivity contribution in [3.05, 3.63) is 0 Å². The zero-order valence-corrected chi connectivity index (χ0v) is 18.8. The fourth-order valence-electron chi connectivity index (χ4n) is 4.75. The highest BCUT2D eigenvalue weighted by atomic mass is 16.4. The molecule has 0 aliphatic heterocycles. The predicted octanol–water partition coefficient (Wildman–Crippen LogP) is 5.42. The van der Waals surface area contributed by atoms with E-state index in [1.807, 2.05) is 0 Å². The molecule has 3 atom stereocenters. The summed E-state index contributed by atoms with van der Waals surface area (Å²) in [6, 6.07) is 0. The van der Waals surface area contributed by atoms with E-state index in [0.717, 1.165) is 64.2 Å². The van der Waals surface area contributed by atoms with Crippen molar-refractivity contribution >= 4 is 23.5 Å². The van der Waals surface area contributed by atoms with Gasteiger partial charge in [-0.1, -0.05) is 90.9 Å². The first-order chi connectivity index (χ1) is 14.3. The quantitative estimate of drug-likeness (QED) is 0.253. The fraction of sp³-hybridized carbons (Fsp3) is 0.833. The number of unbranched alkanes of at least 4 members (excludes halogenated alkanes) is 10. The number of hydrogen-bond donors (Lipinski definition) is 2. The van der Waals surface area contributed by atoms with Crippen molar-refractivity contribution in [3.8, 4) is 0 Å². The van der Waals surface area contributed by atoms with Crippen molar-refractivity contribution in [2.24, 2.45) is 17.3 Å². The van der Waals surface area contributed by atoms with Crippen LogP contribution in [-0.2, 0) is 19.2 Å². The SMILES string of the molecule is CCCCCCCCC1C(=O)C(C(=O)O)CC(=O)C1(CCCCCCCC)C(=O)O. The molecule has 0 aromatic rings. The molecule has 0 bridgehead atoms. The topological polar surface area (TPSA) is 109 Å². The summed E-state index contributed by atoms with van der Waals surface area (Å²) in [6.07, 6.45) is 11.5. The van der Waals surface area contributed by atoms with Gasteiger partial charge in [0, 0.05) is 12.3 Å². The van der Waals surface area contributed by atoms with Crippen LogP contribution in [0.2, 0.25) is 0 Å². The van der Waals surface area contributed by atoms with Crippen LogP contribution in [-0.4, -0.2) is 33.7 Å². The summed E-state index contributed by atoms with van der Waals surface area (Å²) in [7, 11) is 0. The van der Waals surface area contributed by atoms with Crippen LogP contribution in [0.4, 0.5) is 0 Å². The number of carboxylic acids is 2. The maximum Gasteiger partial charge on any atom is 0.317 e. The highest BCUT2D eigenvalue weighted by molar-refractivity contribution is 6.16. The minimum absolute atomic E-state index is 0.131. The van der Waals surface area contributed by atoms with Crippen LogP contribution in [0.1, 0.15) is 110 Å². The molecule has 1 saturated carbocycles. The summed E-state index contributed by atoms with van der Waals surface area (Å²) in [5, 5.41) is 19.5. The zero-order chi connectivity index (χ0) is 22.6. The van der Waals surface area contributed by atoms with Crippen molar-refractivity contribution in [1.82, 2.24) is 0 Å². The largest absolute Gasteiger partial charge is 0.481 e. The molecule has 3 unspecified atom stereocenters. The van der Waals surface area contributed by atoms with Crippen molar-refractivity contribution in [2.45, 2.75) is 110 Å². The van der Waals surface area contributed by atoms with Gasteiger partial charge in [0.2, 0.25) is 0 Å². The molecule has 0 radical (unpaired) electrons. The molecule has 30 heavy (non-hydrogen) atoms. The van der Waals surface area contributed by atoms with E-state index in [4.69, 9.17) is 0 Å². The molecule has 1 aliphatic rings. The summed E-state index contributed by atoms with van der Waals surface area (Å²) in [5.41, 5.74) is -1.75. The summed E-state index contributed by atoms with van der Waals surface area (Å²) in [4.78, 5) is 49.8. The predicted molar refractivity (Wildman–Crippen MR) is 115 cm³/mol. The number of rotatable bonds is 16. The van der Waals surface area contributed by atoms with Crippen LogP contribution in [0.5, 0.6) is 0 Å². The fourth-order valence-corrected chi connectivity index (χ4v) is 4.75. The Morgan fingerprint density at radius 1 is 0.833 bits per heavy atom. The Kier molecular flexibility index (Phi) is 11.9. The minimum Gasteiger partial charge on any atom is -0.481 e.